The second-order valence-electron chi connectivity index (χ2n) is 6.27. The number of halogens is 2. The zero-order chi connectivity index (χ0) is 15.6. The molecule has 3 heteroatoms. The predicted molar refractivity (Wildman–Crippen MR) is 87.9 cm³/mol. The summed E-state index contributed by atoms with van der Waals surface area (Å²) in [5.41, 5.74) is 2.74. The van der Waals surface area contributed by atoms with Gasteiger partial charge in [-0.3, -0.25) is 0 Å². The molecule has 0 fully saturated rings. The number of hydrogen-bond acceptors (Lipinski definition) is 1. The largest absolute Gasteiger partial charge is 0.388 e. The molecular formula is C18H20BrFO. The predicted octanol–water partition coefficient (Wildman–Crippen LogP) is 5.16. The van der Waals surface area contributed by atoms with E-state index >= 15 is 0 Å². The van der Waals surface area contributed by atoms with Crippen molar-refractivity contribution in [1.82, 2.24) is 0 Å². The van der Waals surface area contributed by atoms with Crippen LogP contribution in [0, 0.1) is 5.82 Å². The van der Waals surface area contributed by atoms with Crippen LogP contribution in [0.15, 0.2) is 46.9 Å². The van der Waals surface area contributed by atoms with Crippen LogP contribution in [0.3, 0.4) is 0 Å². The fourth-order valence-electron chi connectivity index (χ4n) is 2.49. The summed E-state index contributed by atoms with van der Waals surface area (Å²) in [6, 6.07) is 12.8. The Bertz CT molecular complexity index is 631. The van der Waals surface area contributed by atoms with E-state index in [2.05, 4.69) is 36.7 Å². The molecule has 0 aliphatic heterocycles. The Kier molecular flexibility index (Phi) is 4.84. The first-order chi connectivity index (χ1) is 9.80. The van der Waals surface area contributed by atoms with Gasteiger partial charge < -0.3 is 5.11 Å². The molecule has 21 heavy (non-hydrogen) atoms. The maximum Gasteiger partial charge on any atom is 0.137 e. The van der Waals surface area contributed by atoms with E-state index in [1.165, 1.54) is 6.07 Å². The van der Waals surface area contributed by atoms with Crippen LogP contribution < -0.4 is 0 Å². The number of aliphatic hydroxyl groups is 1. The van der Waals surface area contributed by atoms with Gasteiger partial charge in [-0.25, -0.2) is 4.39 Å². The van der Waals surface area contributed by atoms with E-state index in [1.54, 1.807) is 6.07 Å². The van der Waals surface area contributed by atoms with Crippen molar-refractivity contribution in [2.24, 2.45) is 0 Å². The van der Waals surface area contributed by atoms with Crippen molar-refractivity contribution < 1.29 is 9.50 Å². The molecule has 0 saturated carbocycles. The number of hydrogen-bond donors (Lipinski definition) is 1. The third kappa shape index (κ3) is 3.72. The molecule has 0 heterocycles. The minimum atomic E-state index is -0.654. The molecule has 1 unspecified atom stereocenters. The third-order valence-corrected chi connectivity index (χ3v) is 4.46. The monoisotopic (exact) mass is 350 g/mol. The molecule has 0 aliphatic carbocycles. The molecule has 2 rings (SSSR count). The molecule has 0 saturated heterocycles. The Morgan fingerprint density at radius 2 is 1.76 bits per heavy atom. The van der Waals surface area contributed by atoms with Crippen molar-refractivity contribution in [2.75, 3.05) is 0 Å². The lowest BCUT2D eigenvalue weighted by molar-refractivity contribution is 0.175. The van der Waals surface area contributed by atoms with Crippen molar-refractivity contribution >= 4 is 15.9 Å². The molecule has 1 N–H and O–H groups in total. The molecule has 2 aromatic rings. The molecule has 0 amide bonds. The van der Waals surface area contributed by atoms with Gasteiger partial charge in [0.1, 0.15) is 5.82 Å². The first-order valence-corrected chi connectivity index (χ1v) is 7.80. The Morgan fingerprint density at radius 1 is 1.10 bits per heavy atom. The van der Waals surface area contributed by atoms with Crippen LogP contribution in [0.4, 0.5) is 4.39 Å². The topological polar surface area (TPSA) is 20.2 Å². The Balaban J connectivity index is 2.33. The fraction of sp³-hybridized carbons (Fsp3) is 0.333. The number of aliphatic hydroxyl groups excluding tert-OH is 1. The van der Waals surface area contributed by atoms with Gasteiger partial charge in [0, 0.05) is 6.42 Å². The van der Waals surface area contributed by atoms with E-state index < -0.39 is 6.10 Å². The van der Waals surface area contributed by atoms with Gasteiger partial charge in [0.2, 0.25) is 0 Å². The summed E-state index contributed by atoms with van der Waals surface area (Å²) in [5, 5.41) is 10.6. The summed E-state index contributed by atoms with van der Waals surface area (Å²) >= 11 is 3.25. The Morgan fingerprint density at radius 3 is 2.43 bits per heavy atom. The van der Waals surface area contributed by atoms with E-state index in [4.69, 9.17) is 0 Å². The molecular weight excluding hydrogens is 331 g/mol. The Labute approximate surface area is 134 Å². The van der Waals surface area contributed by atoms with E-state index in [9.17, 15) is 9.50 Å². The minimum Gasteiger partial charge on any atom is -0.388 e. The van der Waals surface area contributed by atoms with Gasteiger partial charge >= 0.3 is 0 Å². The molecule has 112 valence electrons. The van der Waals surface area contributed by atoms with Gasteiger partial charge in [0.05, 0.1) is 10.6 Å². The van der Waals surface area contributed by atoms with Crippen molar-refractivity contribution in [3.8, 4) is 0 Å². The normalized spacial score (nSPS) is 13.2. The summed E-state index contributed by atoms with van der Waals surface area (Å²) in [4.78, 5) is 0. The smallest absolute Gasteiger partial charge is 0.137 e. The number of benzene rings is 2. The zero-order valence-electron chi connectivity index (χ0n) is 12.5. The highest BCUT2D eigenvalue weighted by molar-refractivity contribution is 9.10. The molecule has 0 spiro atoms. The highest BCUT2D eigenvalue weighted by Gasteiger charge is 2.22. The van der Waals surface area contributed by atoms with Crippen molar-refractivity contribution in [3.63, 3.8) is 0 Å². The van der Waals surface area contributed by atoms with E-state index in [-0.39, 0.29) is 11.2 Å². The molecule has 0 radical (unpaired) electrons. The van der Waals surface area contributed by atoms with Crippen molar-refractivity contribution in [2.45, 2.75) is 38.7 Å². The minimum absolute atomic E-state index is 0.0449. The van der Waals surface area contributed by atoms with Crippen LogP contribution in [0.5, 0.6) is 0 Å². The first-order valence-electron chi connectivity index (χ1n) is 7.01. The third-order valence-electron chi connectivity index (χ3n) is 3.57. The molecule has 0 aliphatic rings. The second kappa shape index (κ2) is 6.29. The molecule has 2 aromatic carbocycles. The van der Waals surface area contributed by atoms with Crippen molar-refractivity contribution in [3.05, 3.63) is 69.4 Å². The van der Waals surface area contributed by atoms with Crippen LogP contribution in [-0.2, 0) is 11.8 Å². The Hall–Kier alpha value is -1.19. The average molecular weight is 351 g/mol. The molecule has 0 aromatic heterocycles. The average Bonchev–Trinajstić information content (AvgIpc) is 2.43. The van der Waals surface area contributed by atoms with Crippen molar-refractivity contribution in [1.29, 1.82) is 0 Å². The lowest BCUT2D eigenvalue weighted by Gasteiger charge is -2.25. The highest BCUT2D eigenvalue weighted by Crippen LogP contribution is 2.32. The zero-order valence-corrected chi connectivity index (χ0v) is 14.1. The standard InChI is InChI=1S/C18H20BrFO/c1-18(2,3)14-9-5-4-8-13(14)16(21)11-12-7-6-10-15(20)17(12)19/h4-10,16,21H,11H2,1-3H3. The van der Waals surface area contributed by atoms with Gasteiger partial charge in [0.15, 0.2) is 0 Å². The summed E-state index contributed by atoms with van der Waals surface area (Å²) in [5.74, 6) is -0.302. The summed E-state index contributed by atoms with van der Waals surface area (Å²) < 4.78 is 14.0. The van der Waals surface area contributed by atoms with Gasteiger partial charge in [-0.15, -0.1) is 0 Å². The van der Waals surface area contributed by atoms with E-state index in [0.717, 1.165) is 16.7 Å². The van der Waals surface area contributed by atoms with Crippen LogP contribution in [0.2, 0.25) is 0 Å². The summed E-state index contributed by atoms with van der Waals surface area (Å²) in [6.45, 7) is 6.37. The van der Waals surface area contributed by atoms with Gasteiger partial charge in [-0.05, 0) is 44.1 Å². The van der Waals surface area contributed by atoms with Crippen LogP contribution in [-0.4, -0.2) is 5.11 Å². The van der Waals surface area contributed by atoms with Crippen LogP contribution >= 0.6 is 15.9 Å². The SMILES string of the molecule is CC(C)(C)c1ccccc1C(O)Cc1cccc(F)c1Br. The van der Waals surface area contributed by atoms with Crippen LogP contribution in [0.25, 0.3) is 0 Å². The lowest BCUT2D eigenvalue weighted by Crippen LogP contribution is -2.17. The van der Waals surface area contributed by atoms with Gasteiger partial charge in [0.25, 0.3) is 0 Å². The summed E-state index contributed by atoms with van der Waals surface area (Å²) in [7, 11) is 0. The fourth-order valence-corrected chi connectivity index (χ4v) is 2.92. The second-order valence-corrected chi connectivity index (χ2v) is 7.06. The van der Waals surface area contributed by atoms with E-state index in [1.807, 2.05) is 30.3 Å². The van der Waals surface area contributed by atoms with Gasteiger partial charge in [-0.2, -0.15) is 0 Å². The quantitative estimate of drug-likeness (QED) is 0.810. The van der Waals surface area contributed by atoms with E-state index in [0.29, 0.717) is 10.9 Å². The molecule has 1 nitrogen and oxygen atoms in total. The molecule has 0 bridgehead atoms. The van der Waals surface area contributed by atoms with Crippen LogP contribution in [0.1, 0.15) is 43.6 Å². The highest BCUT2D eigenvalue weighted by atomic mass is 79.9. The summed E-state index contributed by atoms with van der Waals surface area (Å²) in [6.07, 6.45) is -0.274. The maximum atomic E-state index is 13.6. The number of rotatable bonds is 3. The lowest BCUT2D eigenvalue weighted by atomic mass is 9.81. The maximum absolute atomic E-state index is 13.6. The van der Waals surface area contributed by atoms with Gasteiger partial charge in [-0.1, -0.05) is 57.2 Å². The first kappa shape index (κ1) is 16.2. The molecule has 1 atom stereocenters.